The van der Waals surface area contributed by atoms with Crippen molar-refractivity contribution in [3.63, 3.8) is 0 Å². The summed E-state index contributed by atoms with van der Waals surface area (Å²) in [6, 6.07) is 17.6. The van der Waals surface area contributed by atoms with Crippen LogP contribution in [0.4, 0.5) is 0 Å². The van der Waals surface area contributed by atoms with E-state index < -0.39 is 0 Å². The van der Waals surface area contributed by atoms with Gasteiger partial charge in [0.05, 0.1) is 0 Å². The number of rotatable bonds is 0. The van der Waals surface area contributed by atoms with Crippen LogP contribution in [0, 0.1) is 0 Å². The molecule has 2 aliphatic rings. The fourth-order valence-electron chi connectivity index (χ4n) is 3.10. The van der Waals surface area contributed by atoms with E-state index in [-0.39, 0.29) is 0 Å². The Kier molecular flexibility index (Phi) is 1.49. The molecule has 2 aliphatic carbocycles. The zero-order valence-electron chi connectivity index (χ0n) is 9.03. The van der Waals surface area contributed by atoms with Gasteiger partial charge in [-0.15, -0.1) is 0 Å². The lowest BCUT2D eigenvalue weighted by Gasteiger charge is -2.22. The van der Waals surface area contributed by atoms with Gasteiger partial charge in [0.1, 0.15) is 0 Å². The van der Waals surface area contributed by atoms with E-state index >= 15 is 0 Å². The second-order valence-electron chi connectivity index (χ2n) is 4.55. The van der Waals surface area contributed by atoms with Crippen LogP contribution in [-0.4, -0.2) is 0 Å². The number of hydrogen-bond donors (Lipinski definition) is 0. The van der Waals surface area contributed by atoms with Crippen LogP contribution < -0.4 is 0 Å². The first-order chi connectivity index (χ1) is 7.95. The van der Waals surface area contributed by atoms with Gasteiger partial charge in [-0.1, -0.05) is 48.5 Å². The van der Waals surface area contributed by atoms with E-state index in [1.165, 1.54) is 34.4 Å². The molecule has 0 heterocycles. The van der Waals surface area contributed by atoms with Crippen LogP contribution >= 0.6 is 0 Å². The zero-order valence-corrected chi connectivity index (χ0v) is 9.03. The Morgan fingerprint density at radius 2 is 0.812 bits per heavy atom. The van der Waals surface area contributed by atoms with Gasteiger partial charge in [-0.25, -0.2) is 0 Å². The average Bonchev–Trinajstić information content (AvgIpc) is 2.40. The molecule has 0 fully saturated rings. The molecule has 3 aromatic carbocycles. The molecule has 3 aromatic rings. The van der Waals surface area contributed by atoms with E-state index in [0.717, 1.165) is 0 Å². The Morgan fingerprint density at radius 1 is 0.500 bits per heavy atom. The van der Waals surface area contributed by atoms with Crippen LogP contribution in [0.15, 0.2) is 48.5 Å². The van der Waals surface area contributed by atoms with Gasteiger partial charge in [0.25, 0.3) is 0 Å². The van der Waals surface area contributed by atoms with Gasteiger partial charge in [-0.2, -0.15) is 0 Å². The van der Waals surface area contributed by atoms with E-state index in [9.17, 15) is 0 Å². The third kappa shape index (κ3) is 0.898. The third-order valence-electron chi connectivity index (χ3n) is 3.78. The van der Waals surface area contributed by atoms with Crippen LogP contribution in [0.25, 0.3) is 21.5 Å². The fourth-order valence-corrected chi connectivity index (χ4v) is 3.10. The first kappa shape index (κ1) is 8.35. The average molecular weight is 204 g/mol. The van der Waals surface area contributed by atoms with Crippen LogP contribution in [0.5, 0.6) is 0 Å². The summed E-state index contributed by atoms with van der Waals surface area (Å²) >= 11 is 0. The normalized spacial score (nSPS) is 13.8. The molecule has 0 atom stereocenters. The minimum absolute atomic E-state index is 1.21. The predicted octanol–water partition coefficient (Wildman–Crippen LogP) is 4.09. The monoisotopic (exact) mass is 204 g/mol. The molecule has 0 amide bonds. The van der Waals surface area contributed by atoms with E-state index in [4.69, 9.17) is 0 Å². The van der Waals surface area contributed by atoms with Crippen LogP contribution in [-0.2, 0) is 12.8 Å². The van der Waals surface area contributed by atoms with Crippen molar-refractivity contribution in [3.8, 4) is 0 Å². The minimum Gasteiger partial charge on any atom is -0.0616 e. The van der Waals surface area contributed by atoms with Gasteiger partial charge in [0, 0.05) is 0 Å². The Hall–Kier alpha value is -1.82. The molecule has 2 bridgehead atoms. The lowest BCUT2D eigenvalue weighted by atomic mass is 9.82. The maximum atomic E-state index is 2.26. The Morgan fingerprint density at radius 3 is 1.12 bits per heavy atom. The molecule has 0 spiro atoms. The second-order valence-corrected chi connectivity index (χ2v) is 4.55. The van der Waals surface area contributed by atoms with Crippen molar-refractivity contribution in [2.75, 3.05) is 0 Å². The molecule has 76 valence electrons. The number of hydrogen-bond acceptors (Lipinski definition) is 0. The zero-order chi connectivity index (χ0) is 10.5. The highest BCUT2D eigenvalue weighted by molar-refractivity contribution is 6.07. The van der Waals surface area contributed by atoms with E-state index in [1.807, 2.05) is 0 Å². The molecule has 0 heteroatoms. The van der Waals surface area contributed by atoms with Crippen molar-refractivity contribution < 1.29 is 0 Å². The highest BCUT2D eigenvalue weighted by Crippen LogP contribution is 2.38. The summed E-state index contributed by atoms with van der Waals surface area (Å²) in [6.45, 7) is 0. The molecular weight excluding hydrogens is 192 g/mol. The Balaban J connectivity index is 2.39. The largest absolute Gasteiger partial charge is 0.0616 e. The summed E-state index contributed by atoms with van der Waals surface area (Å²) in [5.41, 5.74) is 3.09. The summed E-state index contributed by atoms with van der Waals surface area (Å²) in [4.78, 5) is 0. The van der Waals surface area contributed by atoms with E-state index in [2.05, 4.69) is 48.5 Å². The molecule has 0 aliphatic heterocycles. The van der Waals surface area contributed by atoms with Crippen molar-refractivity contribution in [2.24, 2.45) is 0 Å². The topological polar surface area (TPSA) is 0 Å². The van der Waals surface area contributed by atoms with E-state index in [0.29, 0.717) is 0 Å². The number of aryl methyl sites for hydroxylation is 2. The van der Waals surface area contributed by atoms with Crippen molar-refractivity contribution in [1.29, 1.82) is 0 Å². The van der Waals surface area contributed by atoms with Crippen molar-refractivity contribution in [1.82, 2.24) is 0 Å². The van der Waals surface area contributed by atoms with Gasteiger partial charge >= 0.3 is 0 Å². The van der Waals surface area contributed by atoms with Crippen molar-refractivity contribution in [3.05, 3.63) is 59.7 Å². The molecular formula is C16H12. The van der Waals surface area contributed by atoms with Gasteiger partial charge in [-0.05, 0) is 45.5 Å². The summed E-state index contributed by atoms with van der Waals surface area (Å²) in [5.74, 6) is 0. The van der Waals surface area contributed by atoms with Gasteiger partial charge in [0.15, 0.2) is 0 Å². The van der Waals surface area contributed by atoms with E-state index in [1.54, 1.807) is 11.1 Å². The lowest BCUT2D eigenvalue weighted by Crippen LogP contribution is -2.04. The SMILES string of the molecule is c1ccc2c3c4ccccc4c(c2c1)CC3. The van der Waals surface area contributed by atoms with Crippen LogP contribution in [0.3, 0.4) is 0 Å². The standard InChI is InChI=1S/C16H12/c1-2-6-12-11(5-1)15-9-10-16(12)14-8-4-3-7-13(14)15/h1-8H,9-10H2. The predicted molar refractivity (Wildman–Crippen MR) is 68.9 cm³/mol. The first-order valence-electron chi connectivity index (χ1n) is 5.86. The van der Waals surface area contributed by atoms with Gasteiger partial charge < -0.3 is 0 Å². The quantitative estimate of drug-likeness (QED) is 0.484. The van der Waals surface area contributed by atoms with Gasteiger partial charge in [-0.3, -0.25) is 0 Å². The molecule has 0 saturated carbocycles. The Bertz CT molecular complexity index is 589. The summed E-state index contributed by atoms with van der Waals surface area (Å²) < 4.78 is 0. The maximum Gasteiger partial charge on any atom is -0.0143 e. The fraction of sp³-hybridized carbons (Fsp3) is 0.125. The molecule has 0 aromatic heterocycles. The molecule has 5 rings (SSSR count). The summed E-state index contributed by atoms with van der Waals surface area (Å²) in [5, 5.41) is 5.84. The molecule has 0 N–H and O–H groups in total. The number of fused-ring (bicyclic) bond motifs is 1. The molecule has 0 radical (unpaired) electrons. The van der Waals surface area contributed by atoms with Crippen LogP contribution in [0.2, 0.25) is 0 Å². The molecule has 16 heavy (non-hydrogen) atoms. The Labute approximate surface area is 94.5 Å². The first-order valence-corrected chi connectivity index (χ1v) is 5.86. The maximum absolute atomic E-state index is 2.26. The van der Waals surface area contributed by atoms with Crippen molar-refractivity contribution >= 4 is 21.5 Å². The minimum atomic E-state index is 1.21. The molecule has 0 nitrogen and oxygen atoms in total. The number of benzene rings is 3. The lowest BCUT2D eigenvalue weighted by molar-refractivity contribution is 0.972. The van der Waals surface area contributed by atoms with Crippen LogP contribution in [0.1, 0.15) is 11.1 Å². The smallest absolute Gasteiger partial charge is 0.0143 e. The second kappa shape index (κ2) is 2.85. The summed E-state index contributed by atoms with van der Waals surface area (Å²) in [6.07, 6.45) is 2.42. The van der Waals surface area contributed by atoms with Gasteiger partial charge in [0.2, 0.25) is 0 Å². The highest BCUT2D eigenvalue weighted by Gasteiger charge is 2.18. The third-order valence-corrected chi connectivity index (χ3v) is 3.78. The molecule has 0 unspecified atom stereocenters. The van der Waals surface area contributed by atoms with Crippen molar-refractivity contribution in [2.45, 2.75) is 12.8 Å². The highest BCUT2D eigenvalue weighted by atomic mass is 14.2. The molecule has 0 saturated heterocycles. The summed E-state index contributed by atoms with van der Waals surface area (Å²) in [7, 11) is 0.